The summed E-state index contributed by atoms with van der Waals surface area (Å²) in [6.07, 6.45) is 0. The quantitative estimate of drug-likeness (QED) is 0.752. The van der Waals surface area contributed by atoms with Crippen molar-refractivity contribution in [3.63, 3.8) is 0 Å². The van der Waals surface area contributed by atoms with Crippen LogP contribution in [-0.2, 0) is 0 Å². The molecule has 5 nitrogen and oxygen atoms in total. The highest BCUT2D eigenvalue weighted by Gasteiger charge is 2.35. The first kappa shape index (κ1) is 15.0. The molecule has 1 unspecified atom stereocenters. The zero-order valence-corrected chi connectivity index (χ0v) is 13.0. The number of ether oxygens (including phenoxy) is 1. The molecule has 6 heteroatoms. The van der Waals surface area contributed by atoms with E-state index in [4.69, 9.17) is 10.5 Å². The number of rotatable bonds is 2. The van der Waals surface area contributed by atoms with Gasteiger partial charge in [0.1, 0.15) is 17.5 Å². The van der Waals surface area contributed by atoms with Crippen molar-refractivity contribution >= 4 is 0 Å². The van der Waals surface area contributed by atoms with Crippen molar-refractivity contribution < 1.29 is 9.13 Å². The lowest BCUT2D eigenvalue weighted by molar-refractivity contribution is 0.379. The number of allylic oxidation sites excluding steroid dienone is 1. The van der Waals surface area contributed by atoms with E-state index >= 15 is 0 Å². The smallest absolute Gasteiger partial charge is 0.244 e. The summed E-state index contributed by atoms with van der Waals surface area (Å²) in [7, 11) is 0. The summed E-state index contributed by atoms with van der Waals surface area (Å²) in [5, 5.41) is 16.7. The molecule has 3 N–H and O–H groups in total. The minimum atomic E-state index is -0.557. The van der Waals surface area contributed by atoms with Crippen molar-refractivity contribution in [2.24, 2.45) is 5.73 Å². The van der Waals surface area contributed by atoms with Gasteiger partial charge >= 0.3 is 0 Å². The third kappa shape index (κ3) is 2.42. The molecule has 1 atom stereocenters. The first-order chi connectivity index (χ1) is 12.2. The third-order valence-corrected chi connectivity index (χ3v) is 4.18. The van der Waals surface area contributed by atoms with E-state index < -0.39 is 5.92 Å². The Morgan fingerprint density at radius 1 is 1.16 bits per heavy atom. The van der Waals surface area contributed by atoms with Crippen LogP contribution in [0.15, 0.2) is 66.1 Å². The number of hydrogen-bond acceptors (Lipinski definition) is 4. The Morgan fingerprint density at radius 3 is 2.68 bits per heavy atom. The van der Waals surface area contributed by atoms with E-state index in [-0.39, 0.29) is 17.3 Å². The van der Waals surface area contributed by atoms with Gasteiger partial charge in [-0.25, -0.2) is 4.39 Å². The fourth-order valence-corrected chi connectivity index (χ4v) is 3.09. The van der Waals surface area contributed by atoms with Crippen LogP contribution in [0.3, 0.4) is 0 Å². The second kappa shape index (κ2) is 5.80. The number of nitrogens with two attached hydrogens (primary N) is 1. The van der Waals surface area contributed by atoms with E-state index in [9.17, 15) is 9.65 Å². The largest absolute Gasteiger partial charge is 0.420 e. The molecule has 1 aliphatic rings. The maximum atomic E-state index is 13.8. The number of aromatic nitrogens is 2. The topological polar surface area (TPSA) is 87.7 Å². The number of H-pyrrole nitrogens is 1. The van der Waals surface area contributed by atoms with Crippen LogP contribution < -0.4 is 10.5 Å². The molecule has 1 aromatic heterocycles. The number of halogens is 1. The van der Waals surface area contributed by atoms with Gasteiger partial charge < -0.3 is 10.5 Å². The van der Waals surface area contributed by atoms with Crippen LogP contribution in [0.5, 0.6) is 5.88 Å². The van der Waals surface area contributed by atoms with Crippen molar-refractivity contribution in [2.45, 2.75) is 5.92 Å². The third-order valence-electron chi connectivity index (χ3n) is 4.18. The Kier molecular flexibility index (Phi) is 3.47. The summed E-state index contributed by atoms with van der Waals surface area (Å²) in [5.41, 5.74) is 9.02. The summed E-state index contributed by atoms with van der Waals surface area (Å²) < 4.78 is 19.3. The molecule has 25 heavy (non-hydrogen) atoms. The number of hydrogen-bond donors (Lipinski definition) is 2. The molecule has 2 aromatic carbocycles. The molecule has 1 aliphatic heterocycles. The number of benzene rings is 2. The molecule has 0 amide bonds. The predicted octanol–water partition coefficient (Wildman–Crippen LogP) is 3.43. The maximum Gasteiger partial charge on any atom is 0.244 e. The summed E-state index contributed by atoms with van der Waals surface area (Å²) in [5.74, 6) is -0.662. The van der Waals surface area contributed by atoms with Crippen molar-refractivity contribution in [1.82, 2.24) is 10.2 Å². The molecule has 122 valence electrons. The molecule has 2 heterocycles. The lowest BCUT2D eigenvalue weighted by atomic mass is 9.83. The van der Waals surface area contributed by atoms with Crippen molar-refractivity contribution in [3.05, 3.63) is 83.0 Å². The Balaban J connectivity index is 1.97. The molecular formula is C19H13FN4O. The molecule has 0 fully saturated rings. The van der Waals surface area contributed by atoms with Gasteiger partial charge in [-0.15, -0.1) is 5.10 Å². The lowest BCUT2D eigenvalue weighted by Crippen LogP contribution is -2.21. The van der Waals surface area contributed by atoms with Gasteiger partial charge in [-0.3, -0.25) is 5.10 Å². The summed E-state index contributed by atoms with van der Waals surface area (Å²) in [6, 6.07) is 17.8. The molecule has 0 saturated heterocycles. The average molecular weight is 332 g/mol. The molecule has 0 saturated carbocycles. The van der Waals surface area contributed by atoms with Gasteiger partial charge in [0.15, 0.2) is 0 Å². The van der Waals surface area contributed by atoms with Gasteiger partial charge in [-0.2, -0.15) is 5.26 Å². The standard InChI is InChI=1S/C19H13FN4O/c20-13-8-4-7-12(9-13)15-14(10-21)18(22)25-19-16(15)17(23-24-19)11-5-2-1-3-6-11/h1-9,15H,22H2,(H,23,24). The van der Waals surface area contributed by atoms with Crippen LogP contribution >= 0.6 is 0 Å². The summed E-state index contributed by atoms with van der Waals surface area (Å²) >= 11 is 0. The number of nitrogens with one attached hydrogen (secondary N) is 1. The number of fused-ring (bicyclic) bond motifs is 1. The van der Waals surface area contributed by atoms with Crippen LogP contribution in [-0.4, -0.2) is 10.2 Å². The fourth-order valence-electron chi connectivity index (χ4n) is 3.09. The maximum absolute atomic E-state index is 13.8. The van der Waals surface area contributed by atoms with Gasteiger partial charge in [-0.05, 0) is 23.3 Å². The van der Waals surface area contributed by atoms with Gasteiger partial charge in [0, 0.05) is 0 Å². The molecule has 0 bridgehead atoms. The van der Waals surface area contributed by atoms with Crippen LogP contribution in [0, 0.1) is 17.1 Å². The molecule has 4 rings (SSSR count). The van der Waals surface area contributed by atoms with Crippen molar-refractivity contribution in [3.8, 4) is 23.2 Å². The lowest BCUT2D eigenvalue weighted by Gasteiger charge is -2.24. The second-order valence-corrected chi connectivity index (χ2v) is 5.66. The van der Waals surface area contributed by atoms with E-state index in [2.05, 4.69) is 16.3 Å². The van der Waals surface area contributed by atoms with Gasteiger partial charge in [-0.1, -0.05) is 42.5 Å². The normalized spacial score (nSPS) is 16.1. The van der Waals surface area contributed by atoms with Crippen LogP contribution in [0.25, 0.3) is 11.3 Å². The Bertz CT molecular complexity index is 1020. The predicted molar refractivity (Wildman–Crippen MR) is 89.7 cm³/mol. The first-order valence-corrected chi connectivity index (χ1v) is 7.65. The van der Waals surface area contributed by atoms with Gasteiger partial charge in [0.05, 0.1) is 17.2 Å². The highest BCUT2D eigenvalue weighted by Crippen LogP contribution is 2.45. The fraction of sp³-hybridized carbons (Fsp3) is 0.0526. The number of nitrogens with zero attached hydrogens (tertiary/aromatic N) is 2. The van der Waals surface area contributed by atoms with Crippen LogP contribution in [0.4, 0.5) is 4.39 Å². The highest BCUT2D eigenvalue weighted by atomic mass is 19.1. The van der Waals surface area contributed by atoms with Crippen LogP contribution in [0.2, 0.25) is 0 Å². The van der Waals surface area contributed by atoms with Crippen LogP contribution in [0.1, 0.15) is 17.0 Å². The SMILES string of the molecule is N#CC1=C(N)Oc2n[nH]c(-c3ccccc3)c2C1c1cccc(F)c1. The van der Waals surface area contributed by atoms with Gasteiger partial charge in [0.2, 0.25) is 11.8 Å². The summed E-state index contributed by atoms with van der Waals surface area (Å²) in [4.78, 5) is 0. The minimum Gasteiger partial charge on any atom is -0.420 e. The molecule has 3 aromatic rings. The number of aromatic amines is 1. The first-order valence-electron chi connectivity index (χ1n) is 7.65. The molecule has 0 spiro atoms. The Hall–Kier alpha value is -3.59. The van der Waals surface area contributed by atoms with Crippen molar-refractivity contribution in [1.29, 1.82) is 5.26 Å². The van der Waals surface area contributed by atoms with E-state index in [1.54, 1.807) is 12.1 Å². The van der Waals surface area contributed by atoms with E-state index in [1.807, 2.05) is 30.3 Å². The van der Waals surface area contributed by atoms with E-state index in [0.717, 1.165) is 5.56 Å². The Labute approximate surface area is 143 Å². The molecular weight excluding hydrogens is 319 g/mol. The minimum absolute atomic E-state index is 0.0182. The zero-order chi connectivity index (χ0) is 17.4. The molecule has 0 radical (unpaired) electrons. The van der Waals surface area contributed by atoms with E-state index in [0.29, 0.717) is 22.7 Å². The zero-order valence-electron chi connectivity index (χ0n) is 13.0. The van der Waals surface area contributed by atoms with E-state index in [1.165, 1.54) is 12.1 Å². The Morgan fingerprint density at radius 2 is 1.96 bits per heavy atom. The monoisotopic (exact) mass is 332 g/mol. The average Bonchev–Trinajstić information content (AvgIpc) is 3.04. The second-order valence-electron chi connectivity index (χ2n) is 5.66. The number of nitriles is 1. The van der Waals surface area contributed by atoms with Gasteiger partial charge in [0.25, 0.3) is 0 Å². The molecule has 0 aliphatic carbocycles. The summed E-state index contributed by atoms with van der Waals surface area (Å²) in [6.45, 7) is 0. The van der Waals surface area contributed by atoms with Crippen molar-refractivity contribution in [2.75, 3.05) is 0 Å². The highest BCUT2D eigenvalue weighted by molar-refractivity contribution is 5.70.